The zero-order valence-corrected chi connectivity index (χ0v) is 11.3. The predicted molar refractivity (Wildman–Crippen MR) is 69.8 cm³/mol. The molecule has 2 saturated heterocycles. The van der Waals surface area contributed by atoms with E-state index in [1.165, 1.54) is 19.3 Å². The number of hydrogen-bond acceptors (Lipinski definition) is 5. The molecule has 100 valence electrons. The first-order valence-corrected chi connectivity index (χ1v) is 6.98. The van der Waals surface area contributed by atoms with E-state index in [-0.39, 0.29) is 0 Å². The minimum absolute atomic E-state index is 0.304. The van der Waals surface area contributed by atoms with Crippen LogP contribution in [0.5, 0.6) is 0 Å². The average molecular weight is 250 g/mol. The highest BCUT2D eigenvalue weighted by molar-refractivity contribution is 5.30. The molecular formula is C13H22N4O. The molecule has 0 saturated carbocycles. The van der Waals surface area contributed by atoms with E-state index in [0.29, 0.717) is 11.3 Å². The van der Waals surface area contributed by atoms with Gasteiger partial charge in [-0.15, -0.1) is 0 Å². The summed E-state index contributed by atoms with van der Waals surface area (Å²) in [6.07, 6.45) is 3.83. The molecule has 0 aliphatic carbocycles. The van der Waals surface area contributed by atoms with Crippen molar-refractivity contribution in [2.75, 3.05) is 31.1 Å². The van der Waals surface area contributed by atoms with Crippen LogP contribution in [-0.2, 0) is 0 Å². The lowest BCUT2D eigenvalue weighted by atomic mass is 9.79. The lowest BCUT2D eigenvalue weighted by Crippen LogP contribution is -2.45. The van der Waals surface area contributed by atoms with Crippen LogP contribution in [0.4, 0.5) is 5.95 Å². The van der Waals surface area contributed by atoms with Gasteiger partial charge in [0.2, 0.25) is 5.89 Å². The smallest absolute Gasteiger partial charge is 0.266 e. The van der Waals surface area contributed by atoms with Crippen molar-refractivity contribution in [3.63, 3.8) is 0 Å². The van der Waals surface area contributed by atoms with Crippen LogP contribution in [0.1, 0.15) is 44.9 Å². The molecule has 1 aromatic heterocycles. The van der Waals surface area contributed by atoms with Crippen molar-refractivity contribution in [1.82, 2.24) is 15.5 Å². The van der Waals surface area contributed by atoms with E-state index < -0.39 is 0 Å². The van der Waals surface area contributed by atoms with Crippen molar-refractivity contribution < 1.29 is 4.52 Å². The van der Waals surface area contributed by atoms with Crippen LogP contribution in [0.25, 0.3) is 0 Å². The van der Waals surface area contributed by atoms with Crippen LogP contribution < -0.4 is 10.2 Å². The summed E-state index contributed by atoms with van der Waals surface area (Å²) in [6, 6.07) is 0. The third kappa shape index (κ3) is 2.11. The Bertz CT molecular complexity index is 409. The van der Waals surface area contributed by atoms with Crippen LogP contribution in [0.15, 0.2) is 4.52 Å². The maximum absolute atomic E-state index is 5.31. The van der Waals surface area contributed by atoms with Crippen molar-refractivity contribution in [2.45, 2.75) is 39.0 Å². The molecule has 1 aromatic rings. The fourth-order valence-electron chi connectivity index (χ4n) is 3.11. The fraction of sp³-hybridized carbons (Fsp3) is 0.846. The monoisotopic (exact) mass is 250 g/mol. The minimum atomic E-state index is 0.304. The molecule has 1 atom stereocenters. The van der Waals surface area contributed by atoms with Gasteiger partial charge >= 0.3 is 0 Å². The number of nitrogens with one attached hydrogen (secondary N) is 1. The van der Waals surface area contributed by atoms with Crippen molar-refractivity contribution in [2.24, 2.45) is 5.41 Å². The summed E-state index contributed by atoms with van der Waals surface area (Å²) in [4.78, 5) is 6.81. The molecule has 5 nitrogen and oxygen atoms in total. The highest BCUT2D eigenvalue weighted by Crippen LogP contribution is 2.36. The van der Waals surface area contributed by atoms with Gasteiger partial charge in [-0.1, -0.05) is 13.8 Å². The van der Waals surface area contributed by atoms with Gasteiger partial charge in [0.25, 0.3) is 5.95 Å². The lowest BCUT2D eigenvalue weighted by Gasteiger charge is -2.39. The van der Waals surface area contributed by atoms with Crippen LogP contribution in [0.2, 0.25) is 0 Å². The summed E-state index contributed by atoms with van der Waals surface area (Å²) in [5, 5.41) is 7.62. The van der Waals surface area contributed by atoms with E-state index in [2.05, 4.69) is 34.2 Å². The molecule has 2 aliphatic rings. The van der Waals surface area contributed by atoms with E-state index in [9.17, 15) is 0 Å². The van der Waals surface area contributed by atoms with Gasteiger partial charge in [-0.3, -0.25) is 0 Å². The van der Waals surface area contributed by atoms with Crippen molar-refractivity contribution in [3.8, 4) is 0 Å². The fourth-order valence-corrected chi connectivity index (χ4v) is 3.11. The van der Waals surface area contributed by atoms with Gasteiger partial charge in [0.1, 0.15) is 0 Å². The maximum Gasteiger partial charge on any atom is 0.266 e. The summed E-state index contributed by atoms with van der Waals surface area (Å²) in [5.41, 5.74) is 0.441. The van der Waals surface area contributed by atoms with Gasteiger partial charge in [-0.2, -0.15) is 4.98 Å². The van der Waals surface area contributed by atoms with Gasteiger partial charge < -0.3 is 14.7 Å². The van der Waals surface area contributed by atoms with E-state index in [4.69, 9.17) is 4.52 Å². The third-order valence-corrected chi connectivity index (χ3v) is 4.20. The molecule has 2 aliphatic heterocycles. The number of rotatable bonds is 2. The second-order valence-electron chi connectivity index (χ2n) is 6.04. The van der Waals surface area contributed by atoms with Crippen molar-refractivity contribution in [1.29, 1.82) is 0 Å². The summed E-state index contributed by atoms with van der Waals surface area (Å²) in [6.45, 7) is 8.57. The van der Waals surface area contributed by atoms with Crippen LogP contribution in [-0.4, -0.2) is 36.3 Å². The highest BCUT2D eigenvalue weighted by atomic mass is 16.5. The second-order valence-corrected chi connectivity index (χ2v) is 6.04. The zero-order valence-electron chi connectivity index (χ0n) is 11.3. The molecule has 0 radical (unpaired) electrons. The highest BCUT2D eigenvalue weighted by Gasteiger charge is 2.39. The van der Waals surface area contributed by atoms with E-state index in [0.717, 1.165) is 38.0 Å². The topological polar surface area (TPSA) is 54.2 Å². The first-order chi connectivity index (χ1) is 8.69. The minimum Gasteiger partial charge on any atom is -0.338 e. The largest absolute Gasteiger partial charge is 0.338 e. The molecule has 0 bridgehead atoms. The summed E-state index contributed by atoms with van der Waals surface area (Å²) in [7, 11) is 0. The Hall–Kier alpha value is -1.10. The Labute approximate surface area is 108 Å². The van der Waals surface area contributed by atoms with Crippen LogP contribution in [0, 0.1) is 5.41 Å². The number of hydrogen-bond donors (Lipinski definition) is 1. The first-order valence-electron chi connectivity index (χ1n) is 6.98. The van der Waals surface area contributed by atoms with E-state index in [1.54, 1.807) is 0 Å². The molecule has 1 N–H and O–H groups in total. The summed E-state index contributed by atoms with van der Waals surface area (Å²) in [5.74, 6) is 1.83. The summed E-state index contributed by atoms with van der Waals surface area (Å²) < 4.78 is 5.31. The molecule has 1 unspecified atom stereocenters. The van der Waals surface area contributed by atoms with Gasteiger partial charge in [0.05, 0.1) is 0 Å². The normalized spacial score (nSPS) is 28.5. The molecule has 2 fully saturated rings. The van der Waals surface area contributed by atoms with Crippen LogP contribution >= 0.6 is 0 Å². The van der Waals surface area contributed by atoms with E-state index in [1.807, 2.05) is 0 Å². The predicted octanol–water partition coefficient (Wildman–Crippen LogP) is 1.77. The van der Waals surface area contributed by atoms with Crippen molar-refractivity contribution in [3.05, 3.63) is 5.89 Å². The number of anilines is 1. The molecule has 3 rings (SSSR count). The molecule has 18 heavy (non-hydrogen) atoms. The Kier molecular flexibility index (Phi) is 3.01. The molecular weight excluding hydrogens is 228 g/mol. The number of piperidine rings is 1. The molecule has 5 heteroatoms. The van der Waals surface area contributed by atoms with Crippen molar-refractivity contribution >= 4 is 5.95 Å². The Morgan fingerprint density at radius 1 is 1.39 bits per heavy atom. The molecule has 0 amide bonds. The van der Waals surface area contributed by atoms with Gasteiger partial charge in [-0.05, 0) is 31.0 Å². The standard InChI is InChI=1S/C13H22N4O/c1-10(2)11-15-12(16-18-11)17-7-3-4-13(9-17)5-6-14-8-13/h10,14H,3-9H2,1-2H3. The molecule has 0 aromatic carbocycles. The number of nitrogens with zero attached hydrogens (tertiary/aromatic N) is 3. The Morgan fingerprint density at radius 2 is 2.28 bits per heavy atom. The van der Waals surface area contributed by atoms with Crippen LogP contribution in [0.3, 0.4) is 0 Å². The van der Waals surface area contributed by atoms with Gasteiger partial charge in [0, 0.05) is 31.0 Å². The Balaban J connectivity index is 1.75. The quantitative estimate of drug-likeness (QED) is 0.867. The SMILES string of the molecule is CC(C)c1nc(N2CCCC3(CCNC3)C2)no1. The van der Waals surface area contributed by atoms with Gasteiger partial charge in [-0.25, -0.2) is 0 Å². The lowest BCUT2D eigenvalue weighted by molar-refractivity contribution is 0.257. The zero-order chi connectivity index (χ0) is 12.6. The maximum atomic E-state index is 5.31. The average Bonchev–Trinajstić information content (AvgIpc) is 2.98. The molecule has 3 heterocycles. The number of aromatic nitrogens is 2. The summed E-state index contributed by atoms with van der Waals surface area (Å²) >= 11 is 0. The van der Waals surface area contributed by atoms with Gasteiger partial charge in [0.15, 0.2) is 0 Å². The molecule has 1 spiro atoms. The second kappa shape index (κ2) is 4.53. The van der Waals surface area contributed by atoms with E-state index >= 15 is 0 Å². The third-order valence-electron chi connectivity index (χ3n) is 4.20. The first kappa shape index (κ1) is 12.0. The Morgan fingerprint density at radius 3 is 2.94 bits per heavy atom.